The molecule has 18 heavy (non-hydrogen) atoms. The highest BCUT2D eigenvalue weighted by Crippen LogP contribution is 2.32. The predicted octanol–water partition coefficient (Wildman–Crippen LogP) is 5.05. The van der Waals surface area contributed by atoms with Crippen LogP contribution in [0.5, 0.6) is 0 Å². The van der Waals surface area contributed by atoms with Crippen molar-refractivity contribution >= 4 is 11.6 Å². The van der Waals surface area contributed by atoms with Gasteiger partial charge in [0.1, 0.15) is 0 Å². The second-order valence-corrected chi connectivity index (χ2v) is 5.75. The van der Waals surface area contributed by atoms with Crippen LogP contribution >= 0.6 is 11.6 Å². The molecule has 2 heteroatoms. The second-order valence-electron chi connectivity index (χ2n) is 5.28. The van der Waals surface area contributed by atoms with Gasteiger partial charge in [-0.05, 0) is 42.7 Å². The SMILES string of the molecule is CCC(C)c1ccc(C(Cl)C2CCCCO2)cc1. The third kappa shape index (κ3) is 3.27. The van der Waals surface area contributed by atoms with Crippen molar-refractivity contribution in [1.29, 1.82) is 0 Å². The first-order valence-corrected chi connectivity index (χ1v) is 7.51. The molecule has 1 aliphatic rings. The fourth-order valence-corrected chi connectivity index (χ4v) is 2.80. The first kappa shape index (κ1) is 13.9. The van der Waals surface area contributed by atoms with Crippen molar-refractivity contribution in [3.8, 4) is 0 Å². The van der Waals surface area contributed by atoms with Crippen molar-refractivity contribution in [2.75, 3.05) is 6.61 Å². The van der Waals surface area contributed by atoms with Gasteiger partial charge in [0, 0.05) is 6.61 Å². The van der Waals surface area contributed by atoms with Crippen molar-refractivity contribution in [1.82, 2.24) is 0 Å². The first-order valence-electron chi connectivity index (χ1n) is 7.08. The Morgan fingerprint density at radius 3 is 2.44 bits per heavy atom. The second kappa shape index (κ2) is 6.58. The molecule has 1 aromatic carbocycles. The van der Waals surface area contributed by atoms with Crippen LogP contribution in [0.4, 0.5) is 0 Å². The number of benzene rings is 1. The molecule has 1 fully saturated rings. The van der Waals surface area contributed by atoms with Crippen molar-refractivity contribution in [2.24, 2.45) is 0 Å². The minimum absolute atomic E-state index is 0.00344. The summed E-state index contributed by atoms with van der Waals surface area (Å²) in [5.74, 6) is 0.624. The molecular formula is C16H23ClO. The molecule has 100 valence electrons. The van der Waals surface area contributed by atoms with Gasteiger partial charge in [0.2, 0.25) is 0 Å². The summed E-state index contributed by atoms with van der Waals surface area (Å²) in [5, 5.41) is -0.00344. The molecule has 0 saturated carbocycles. The summed E-state index contributed by atoms with van der Waals surface area (Å²) in [6.07, 6.45) is 4.86. The van der Waals surface area contributed by atoms with E-state index in [9.17, 15) is 0 Å². The normalized spacial score (nSPS) is 23.6. The summed E-state index contributed by atoms with van der Waals surface area (Å²) < 4.78 is 5.76. The van der Waals surface area contributed by atoms with E-state index in [2.05, 4.69) is 38.1 Å². The third-order valence-electron chi connectivity index (χ3n) is 3.98. The van der Waals surface area contributed by atoms with Gasteiger partial charge in [-0.15, -0.1) is 11.6 Å². The van der Waals surface area contributed by atoms with E-state index >= 15 is 0 Å². The fourth-order valence-electron chi connectivity index (χ4n) is 2.46. The zero-order chi connectivity index (χ0) is 13.0. The van der Waals surface area contributed by atoms with Crippen LogP contribution in [-0.2, 0) is 4.74 Å². The lowest BCUT2D eigenvalue weighted by molar-refractivity contribution is 0.0136. The molecule has 0 radical (unpaired) electrons. The minimum atomic E-state index is -0.00344. The maximum atomic E-state index is 6.53. The van der Waals surface area contributed by atoms with Crippen LogP contribution in [0.15, 0.2) is 24.3 Å². The Hall–Kier alpha value is -0.530. The van der Waals surface area contributed by atoms with Crippen molar-refractivity contribution in [3.63, 3.8) is 0 Å². The Kier molecular flexibility index (Phi) is 5.08. The predicted molar refractivity (Wildman–Crippen MR) is 77.3 cm³/mol. The van der Waals surface area contributed by atoms with Gasteiger partial charge in [-0.1, -0.05) is 38.1 Å². The molecule has 0 amide bonds. The van der Waals surface area contributed by atoms with Gasteiger partial charge in [-0.25, -0.2) is 0 Å². The summed E-state index contributed by atoms with van der Waals surface area (Å²) in [7, 11) is 0. The fraction of sp³-hybridized carbons (Fsp3) is 0.625. The molecule has 3 atom stereocenters. The molecule has 0 bridgehead atoms. The van der Waals surface area contributed by atoms with Gasteiger partial charge in [0.15, 0.2) is 0 Å². The number of hydrogen-bond acceptors (Lipinski definition) is 1. The highest BCUT2D eigenvalue weighted by molar-refractivity contribution is 6.21. The topological polar surface area (TPSA) is 9.23 Å². The Labute approximate surface area is 115 Å². The van der Waals surface area contributed by atoms with E-state index in [1.165, 1.54) is 30.4 Å². The quantitative estimate of drug-likeness (QED) is 0.693. The monoisotopic (exact) mass is 266 g/mol. The van der Waals surface area contributed by atoms with Crippen LogP contribution in [-0.4, -0.2) is 12.7 Å². The van der Waals surface area contributed by atoms with Crippen LogP contribution in [0.3, 0.4) is 0 Å². The van der Waals surface area contributed by atoms with E-state index in [0.717, 1.165) is 13.0 Å². The number of ether oxygens (including phenoxy) is 1. The summed E-state index contributed by atoms with van der Waals surface area (Å²) >= 11 is 6.53. The van der Waals surface area contributed by atoms with E-state index in [0.29, 0.717) is 5.92 Å². The lowest BCUT2D eigenvalue weighted by atomic mass is 9.95. The Morgan fingerprint density at radius 1 is 1.22 bits per heavy atom. The van der Waals surface area contributed by atoms with Gasteiger partial charge >= 0.3 is 0 Å². The minimum Gasteiger partial charge on any atom is -0.376 e. The van der Waals surface area contributed by atoms with Crippen LogP contribution < -0.4 is 0 Å². The van der Waals surface area contributed by atoms with Gasteiger partial charge in [0.05, 0.1) is 11.5 Å². The van der Waals surface area contributed by atoms with Gasteiger partial charge in [-0.3, -0.25) is 0 Å². The van der Waals surface area contributed by atoms with E-state index in [1.54, 1.807) is 0 Å². The van der Waals surface area contributed by atoms with E-state index in [-0.39, 0.29) is 11.5 Å². The number of alkyl halides is 1. The lowest BCUT2D eigenvalue weighted by Gasteiger charge is -2.27. The molecular weight excluding hydrogens is 244 g/mol. The molecule has 0 spiro atoms. The van der Waals surface area contributed by atoms with Crippen molar-refractivity contribution in [3.05, 3.63) is 35.4 Å². The first-order chi connectivity index (χ1) is 8.72. The molecule has 1 aliphatic heterocycles. The molecule has 0 N–H and O–H groups in total. The van der Waals surface area contributed by atoms with E-state index in [1.807, 2.05) is 0 Å². The zero-order valence-corrected chi connectivity index (χ0v) is 12.1. The molecule has 1 saturated heterocycles. The lowest BCUT2D eigenvalue weighted by Crippen LogP contribution is -2.23. The van der Waals surface area contributed by atoms with Gasteiger partial charge in [-0.2, -0.15) is 0 Å². The van der Waals surface area contributed by atoms with Crippen molar-refractivity contribution < 1.29 is 4.74 Å². The number of hydrogen-bond donors (Lipinski definition) is 0. The van der Waals surface area contributed by atoms with Crippen LogP contribution in [0, 0.1) is 0 Å². The summed E-state index contributed by atoms with van der Waals surface area (Å²) in [6.45, 7) is 5.34. The molecule has 1 heterocycles. The number of halogens is 1. The largest absolute Gasteiger partial charge is 0.376 e. The average Bonchev–Trinajstić information content (AvgIpc) is 2.47. The molecule has 0 aliphatic carbocycles. The van der Waals surface area contributed by atoms with Crippen LogP contribution in [0.25, 0.3) is 0 Å². The maximum Gasteiger partial charge on any atom is 0.0847 e. The molecule has 2 rings (SSSR count). The zero-order valence-electron chi connectivity index (χ0n) is 11.4. The summed E-state index contributed by atoms with van der Waals surface area (Å²) in [4.78, 5) is 0. The Balaban J connectivity index is 2.03. The van der Waals surface area contributed by atoms with Gasteiger partial charge < -0.3 is 4.74 Å². The summed E-state index contributed by atoms with van der Waals surface area (Å²) in [5.41, 5.74) is 2.59. The van der Waals surface area contributed by atoms with Gasteiger partial charge in [0.25, 0.3) is 0 Å². The maximum absolute atomic E-state index is 6.53. The standard InChI is InChI=1S/C16H23ClO/c1-3-12(2)13-7-9-14(10-8-13)16(17)15-6-4-5-11-18-15/h7-10,12,15-16H,3-6,11H2,1-2H3. The van der Waals surface area contributed by atoms with E-state index in [4.69, 9.17) is 16.3 Å². The average molecular weight is 267 g/mol. The highest BCUT2D eigenvalue weighted by Gasteiger charge is 2.23. The molecule has 3 unspecified atom stereocenters. The molecule has 0 aromatic heterocycles. The molecule has 1 aromatic rings. The van der Waals surface area contributed by atoms with Crippen LogP contribution in [0.1, 0.15) is 62.0 Å². The third-order valence-corrected chi connectivity index (χ3v) is 4.51. The van der Waals surface area contributed by atoms with Crippen molar-refractivity contribution in [2.45, 2.75) is 56.9 Å². The van der Waals surface area contributed by atoms with E-state index < -0.39 is 0 Å². The smallest absolute Gasteiger partial charge is 0.0847 e. The van der Waals surface area contributed by atoms with Crippen LogP contribution in [0.2, 0.25) is 0 Å². The molecule has 1 nitrogen and oxygen atoms in total. The Bertz CT molecular complexity index is 354. The number of rotatable bonds is 4. The summed E-state index contributed by atoms with van der Waals surface area (Å²) in [6, 6.07) is 8.75. The highest BCUT2D eigenvalue weighted by atomic mass is 35.5. The Morgan fingerprint density at radius 2 is 1.89 bits per heavy atom.